The first-order chi connectivity index (χ1) is 14.3. The summed E-state index contributed by atoms with van der Waals surface area (Å²) in [6.45, 7) is 0.118. The number of ether oxygens (including phenoxy) is 1. The number of benzene rings is 1. The fraction of sp³-hybridized carbons (Fsp3) is 0.368. The molecule has 0 radical (unpaired) electrons. The van der Waals surface area contributed by atoms with E-state index in [1.165, 1.54) is 30.1 Å². The fourth-order valence-electron chi connectivity index (χ4n) is 3.48. The smallest absolute Gasteiger partial charge is 0.322 e. The van der Waals surface area contributed by atoms with E-state index in [0.717, 1.165) is 5.56 Å². The van der Waals surface area contributed by atoms with E-state index < -0.39 is 33.3 Å². The molecule has 11 heteroatoms. The Bertz CT molecular complexity index is 1060. The number of carbonyl (C=O) groups is 2. The van der Waals surface area contributed by atoms with Gasteiger partial charge in [-0.3, -0.25) is 10.1 Å². The second kappa shape index (κ2) is 7.65. The number of nitrogens with one attached hydrogen (secondary N) is 2. The van der Waals surface area contributed by atoms with Gasteiger partial charge in [-0.2, -0.15) is 0 Å². The molecule has 30 heavy (non-hydrogen) atoms. The Morgan fingerprint density at radius 2 is 1.80 bits per heavy atom. The highest BCUT2D eigenvalue weighted by Crippen LogP contribution is 2.42. The first-order valence-electron chi connectivity index (χ1n) is 9.38. The van der Waals surface area contributed by atoms with Crippen LogP contribution in [0, 0.1) is 5.92 Å². The summed E-state index contributed by atoms with van der Waals surface area (Å²) in [5.74, 6) is -0.137. The first-order valence-corrected chi connectivity index (χ1v) is 11.0. The summed E-state index contributed by atoms with van der Waals surface area (Å²) in [5.41, 5.74) is -0.641. The van der Waals surface area contributed by atoms with Gasteiger partial charge in [0.25, 0.3) is 5.91 Å². The van der Waals surface area contributed by atoms with Crippen LogP contribution < -0.4 is 15.4 Å². The Labute approximate surface area is 173 Å². The van der Waals surface area contributed by atoms with Crippen LogP contribution in [-0.2, 0) is 21.4 Å². The number of hydrogen-bond donors (Lipinski definition) is 2. The molecular formula is C19H21N5O5S. The summed E-state index contributed by atoms with van der Waals surface area (Å²) in [4.78, 5) is 31.7. The summed E-state index contributed by atoms with van der Waals surface area (Å²) in [6, 6.07) is 6.31. The van der Waals surface area contributed by atoms with Gasteiger partial charge in [0.1, 0.15) is 17.6 Å². The van der Waals surface area contributed by atoms with Crippen LogP contribution in [0.5, 0.6) is 11.5 Å². The van der Waals surface area contributed by atoms with Crippen LogP contribution in [-0.4, -0.2) is 53.0 Å². The van der Waals surface area contributed by atoms with Gasteiger partial charge in [-0.15, -0.1) is 0 Å². The van der Waals surface area contributed by atoms with Crippen molar-refractivity contribution in [1.82, 2.24) is 24.9 Å². The van der Waals surface area contributed by atoms with Gasteiger partial charge in [0.15, 0.2) is 5.75 Å². The third kappa shape index (κ3) is 4.12. The predicted octanol–water partition coefficient (Wildman–Crippen LogP) is 1.02. The number of nitrogens with zero attached hydrogens (tertiary/aromatic N) is 3. The van der Waals surface area contributed by atoms with Crippen molar-refractivity contribution < 1.29 is 22.7 Å². The van der Waals surface area contributed by atoms with Crippen molar-refractivity contribution in [3.63, 3.8) is 0 Å². The number of amides is 3. The Balaban J connectivity index is 1.43. The van der Waals surface area contributed by atoms with Gasteiger partial charge in [0.05, 0.1) is 18.1 Å². The highest BCUT2D eigenvalue weighted by Gasteiger charge is 2.58. The zero-order valence-electron chi connectivity index (χ0n) is 16.2. The monoisotopic (exact) mass is 431 g/mol. The van der Waals surface area contributed by atoms with Crippen molar-refractivity contribution in [3.8, 4) is 11.5 Å². The zero-order valence-corrected chi connectivity index (χ0v) is 17.1. The molecular weight excluding hydrogens is 410 g/mol. The lowest BCUT2D eigenvalue weighted by Gasteiger charge is -2.28. The molecule has 1 saturated heterocycles. The molecule has 2 heterocycles. The lowest BCUT2D eigenvalue weighted by Crippen LogP contribution is -2.56. The average Bonchev–Trinajstić information content (AvgIpc) is 3.51. The Morgan fingerprint density at radius 1 is 1.13 bits per heavy atom. The summed E-state index contributed by atoms with van der Waals surface area (Å²) in [7, 11) is -2.36. The number of urea groups is 1. The summed E-state index contributed by atoms with van der Waals surface area (Å²) < 4.78 is 32.7. The quantitative estimate of drug-likeness (QED) is 0.597. The minimum atomic E-state index is -3.81. The maximum absolute atomic E-state index is 12.9. The molecule has 2 N–H and O–H groups in total. The fourth-order valence-corrected chi connectivity index (χ4v) is 5.06. The molecule has 1 aliphatic heterocycles. The molecule has 1 aliphatic carbocycles. The normalized spacial score (nSPS) is 21.4. The number of aromatic nitrogens is 2. The number of rotatable bonds is 8. The van der Waals surface area contributed by atoms with Crippen molar-refractivity contribution in [2.75, 3.05) is 12.8 Å². The molecule has 0 unspecified atom stereocenters. The summed E-state index contributed by atoms with van der Waals surface area (Å²) in [6.07, 6.45) is 5.89. The van der Waals surface area contributed by atoms with Crippen molar-refractivity contribution >= 4 is 22.0 Å². The lowest BCUT2D eigenvalue weighted by atomic mass is 9.96. The molecule has 10 nitrogen and oxygen atoms in total. The molecule has 1 saturated carbocycles. The van der Waals surface area contributed by atoms with Crippen LogP contribution >= 0.6 is 0 Å². The molecule has 2 aliphatic rings. The van der Waals surface area contributed by atoms with Crippen LogP contribution in [0.2, 0.25) is 0 Å². The van der Waals surface area contributed by atoms with Gasteiger partial charge in [-0.1, -0.05) is 12.1 Å². The van der Waals surface area contributed by atoms with Crippen LogP contribution in [0.4, 0.5) is 4.79 Å². The van der Waals surface area contributed by atoms with Crippen molar-refractivity contribution in [1.29, 1.82) is 0 Å². The standard InChI is InChI=1S/C19H21N5O5S/c1-24(10-13-2-6-15(7-3-13)29-16-8-20-12-21-9-16)30(27,28)11-19(14-4-5-14)17(25)22-18(26)23-19/h2-3,6-9,12,14H,4-5,10-11H2,1H3,(H2,22,23,25,26)/t19-/m1/s1. The van der Waals surface area contributed by atoms with Crippen molar-refractivity contribution in [2.24, 2.45) is 5.92 Å². The highest BCUT2D eigenvalue weighted by atomic mass is 32.2. The second-order valence-electron chi connectivity index (χ2n) is 7.49. The van der Waals surface area contributed by atoms with Gasteiger partial charge in [-0.05, 0) is 36.5 Å². The average molecular weight is 431 g/mol. The maximum atomic E-state index is 12.9. The molecule has 2 fully saturated rings. The third-order valence-electron chi connectivity index (χ3n) is 5.23. The van der Waals surface area contributed by atoms with Crippen molar-refractivity contribution in [2.45, 2.75) is 24.9 Å². The van der Waals surface area contributed by atoms with E-state index in [9.17, 15) is 18.0 Å². The van der Waals surface area contributed by atoms with E-state index in [2.05, 4.69) is 20.6 Å². The molecule has 4 rings (SSSR count). The minimum Gasteiger partial charge on any atom is -0.454 e. The summed E-state index contributed by atoms with van der Waals surface area (Å²) in [5, 5.41) is 4.72. The second-order valence-corrected chi connectivity index (χ2v) is 9.56. The Morgan fingerprint density at radius 3 is 2.37 bits per heavy atom. The van der Waals surface area contributed by atoms with Gasteiger partial charge in [0, 0.05) is 13.6 Å². The van der Waals surface area contributed by atoms with E-state index in [0.29, 0.717) is 24.3 Å². The van der Waals surface area contributed by atoms with E-state index in [1.54, 1.807) is 24.3 Å². The molecule has 2 aromatic rings. The van der Waals surface area contributed by atoms with Gasteiger partial charge >= 0.3 is 6.03 Å². The molecule has 1 aromatic heterocycles. The highest BCUT2D eigenvalue weighted by molar-refractivity contribution is 7.89. The van der Waals surface area contributed by atoms with E-state index in [4.69, 9.17) is 4.74 Å². The third-order valence-corrected chi connectivity index (χ3v) is 7.13. The molecule has 1 atom stereocenters. The lowest BCUT2D eigenvalue weighted by molar-refractivity contribution is -0.123. The molecule has 0 spiro atoms. The SMILES string of the molecule is CN(Cc1ccc(Oc2cncnc2)cc1)S(=O)(=O)C[C@]1(C2CC2)NC(=O)NC1=O. The van der Waals surface area contributed by atoms with Crippen LogP contribution in [0.25, 0.3) is 0 Å². The van der Waals surface area contributed by atoms with E-state index >= 15 is 0 Å². The largest absolute Gasteiger partial charge is 0.454 e. The van der Waals surface area contributed by atoms with E-state index in [1.807, 2.05) is 0 Å². The number of sulfonamides is 1. The predicted molar refractivity (Wildman–Crippen MR) is 106 cm³/mol. The molecule has 1 aromatic carbocycles. The Kier molecular flexibility index (Phi) is 5.16. The number of imide groups is 1. The number of carbonyl (C=O) groups excluding carboxylic acids is 2. The number of hydrogen-bond acceptors (Lipinski definition) is 7. The summed E-state index contributed by atoms with van der Waals surface area (Å²) >= 11 is 0. The van der Waals surface area contributed by atoms with Crippen molar-refractivity contribution in [3.05, 3.63) is 48.5 Å². The Hall–Kier alpha value is -3.05. The van der Waals surface area contributed by atoms with Gasteiger partial charge in [-0.25, -0.2) is 27.5 Å². The maximum Gasteiger partial charge on any atom is 0.322 e. The minimum absolute atomic E-state index is 0.118. The van der Waals surface area contributed by atoms with Crippen LogP contribution in [0.15, 0.2) is 43.0 Å². The van der Waals surface area contributed by atoms with Gasteiger partial charge < -0.3 is 10.1 Å². The van der Waals surface area contributed by atoms with Gasteiger partial charge in [0.2, 0.25) is 10.0 Å². The van der Waals surface area contributed by atoms with Crippen LogP contribution in [0.1, 0.15) is 18.4 Å². The zero-order chi connectivity index (χ0) is 21.4. The topological polar surface area (TPSA) is 131 Å². The van der Waals surface area contributed by atoms with Crippen LogP contribution in [0.3, 0.4) is 0 Å². The van der Waals surface area contributed by atoms with E-state index in [-0.39, 0.29) is 12.5 Å². The molecule has 158 valence electrons. The molecule has 0 bridgehead atoms. The molecule has 3 amide bonds. The first kappa shape index (κ1) is 20.2.